The molecule has 1 aromatic rings. The van der Waals surface area contributed by atoms with Crippen LogP contribution in [0.3, 0.4) is 0 Å². The van der Waals surface area contributed by atoms with E-state index >= 15 is 0 Å². The molecule has 0 aliphatic rings. The lowest BCUT2D eigenvalue weighted by Crippen LogP contribution is -2.50. The van der Waals surface area contributed by atoms with Gasteiger partial charge in [0.2, 0.25) is 10.0 Å². The van der Waals surface area contributed by atoms with E-state index in [4.69, 9.17) is 5.73 Å². The molecule has 4 N–H and O–H groups in total. The number of hydrogen-bond acceptors (Lipinski definition) is 4. The van der Waals surface area contributed by atoms with Gasteiger partial charge in [-0.3, -0.25) is 5.10 Å². The van der Waals surface area contributed by atoms with E-state index in [1.807, 2.05) is 6.92 Å². The highest BCUT2D eigenvalue weighted by Gasteiger charge is 2.28. The highest BCUT2D eigenvalue weighted by Crippen LogP contribution is 2.13. The molecule has 86 valence electrons. The Morgan fingerprint density at radius 1 is 1.67 bits per heavy atom. The number of nitrogens with two attached hydrogens (primary N) is 1. The van der Waals surface area contributed by atoms with E-state index in [2.05, 4.69) is 14.9 Å². The Morgan fingerprint density at radius 3 is 2.73 bits per heavy atom. The summed E-state index contributed by atoms with van der Waals surface area (Å²) in [5.74, 6) is 0. The molecule has 1 unspecified atom stereocenters. The Labute approximate surface area is 89.3 Å². The summed E-state index contributed by atoms with van der Waals surface area (Å²) in [7, 11) is -3.52. The SMILES string of the molecule is CCC(C)(CN)NS(=O)(=O)c1cn[nH]c1. The molecule has 0 bridgehead atoms. The van der Waals surface area contributed by atoms with Crippen molar-refractivity contribution in [3.8, 4) is 0 Å². The molecular weight excluding hydrogens is 216 g/mol. The van der Waals surface area contributed by atoms with Crippen molar-refractivity contribution in [3.05, 3.63) is 12.4 Å². The van der Waals surface area contributed by atoms with Gasteiger partial charge in [0.15, 0.2) is 0 Å². The smallest absolute Gasteiger partial charge is 0.244 e. The normalized spacial score (nSPS) is 16.2. The average molecular weight is 232 g/mol. The van der Waals surface area contributed by atoms with E-state index in [9.17, 15) is 8.42 Å². The minimum atomic E-state index is -3.52. The van der Waals surface area contributed by atoms with Gasteiger partial charge < -0.3 is 5.73 Å². The maximum atomic E-state index is 11.8. The minimum Gasteiger partial charge on any atom is -0.329 e. The van der Waals surface area contributed by atoms with E-state index in [1.54, 1.807) is 6.92 Å². The summed E-state index contributed by atoms with van der Waals surface area (Å²) in [4.78, 5) is 0.121. The molecule has 0 spiro atoms. The predicted octanol–water partition coefficient (Wildman–Crippen LogP) is -0.185. The highest BCUT2D eigenvalue weighted by atomic mass is 32.2. The molecule has 0 fully saturated rings. The quantitative estimate of drug-likeness (QED) is 0.655. The van der Waals surface area contributed by atoms with Crippen LogP contribution in [0.4, 0.5) is 0 Å². The van der Waals surface area contributed by atoms with Gasteiger partial charge in [0.25, 0.3) is 0 Å². The molecule has 0 aliphatic carbocycles. The summed E-state index contributed by atoms with van der Waals surface area (Å²) in [5.41, 5.74) is 4.91. The highest BCUT2D eigenvalue weighted by molar-refractivity contribution is 7.89. The predicted molar refractivity (Wildman–Crippen MR) is 56.7 cm³/mol. The number of aromatic nitrogens is 2. The Balaban J connectivity index is 2.91. The van der Waals surface area contributed by atoms with Crippen LogP contribution >= 0.6 is 0 Å². The third-order valence-corrected chi connectivity index (χ3v) is 4.00. The Bertz CT molecular complexity index is 394. The second kappa shape index (κ2) is 4.30. The zero-order valence-electron chi connectivity index (χ0n) is 8.82. The average Bonchev–Trinajstić information content (AvgIpc) is 2.70. The van der Waals surface area contributed by atoms with Crippen molar-refractivity contribution in [1.82, 2.24) is 14.9 Å². The first-order valence-electron chi connectivity index (χ1n) is 4.66. The van der Waals surface area contributed by atoms with E-state index < -0.39 is 15.6 Å². The molecule has 0 radical (unpaired) electrons. The van der Waals surface area contributed by atoms with Gasteiger partial charge in [-0.1, -0.05) is 6.92 Å². The van der Waals surface area contributed by atoms with Crippen LogP contribution in [0.1, 0.15) is 20.3 Å². The van der Waals surface area contributed by atoms with Crippen LogP contribution in [-0.2, 0) is 10.0 Å². The molecule has 15 heavy (non-hydrogen) atoms. The number of sulfonamides is 1. The zero-order valence-corrected chi connectivity index (χ0v) is 9.63. The van der Waals surface area contributed by atoms with Crippen LogP contribution in [0.25, 0.3) is 0 Å². The number of nitrogens with zero attached hydrogens (tertiary/aromatic N) is 1. The molecule has 0 amide bonds. The van der Waals surface area contributed by atoms with Crippen molar-refractivity contribution in [2.45, 2.75) is 30.7 Å². The fourth-order valence-electron chi connectivity index (χ4n) is 1.03. The third kappa shape index (κ3) is 2.77. The van der Waals surface area contributed by atoms with E-state index in [0.29, 0.717) is 6.42 Å². The van der Waals surface area contributed by atoms with Gasteiger partial charge in [0.05, 0.1) is 6.20 Å². The van der Waals surface area contributed by atoms with Gasteiger partial charge in [-0.25, -0.2) is 13.1 Å². The lowest BCUT2D eigenvalue weighted by Gasteiger charge is -2.26. The molecule has 0 aliphatic heterocycles. The fourth-order valence-corrected chi connectivity index (χ4v) is 2.42. The van der Waals surface area contributed by atoms with Gasteiger partial charge in [-0.05, 0) is 13.3 Å². The fraction of sp³-hybridized carbons (Fsp3) is 0.625. The Hall–Kier alpha value is -0.920. The molecule has 7 heteroatoms. The van der Waals surface area contributed by atoms with Crippen LogP contribution in [0.2, 0.25) is 0 Å². The first-order valence-corrected chi connectivity index (χ1v) is 6.15. The molecule has 0 saturated carbocycles. The van der Waals surface area contributed by atoms with Gasteiger partial charge in [0, 0.05) is 18.3 Å². The van der Waals surface area contributed by atoms with Gasteiger partial charge in [-0.15, -0.1) is 0 Å². The van der Waals surface area contributed by atoms with Crippen molar-refractivity contribution in [3.63, 3.8) is 0 Å². The molecule has 0 saturated heterocycles. The monoisotopic (exact) mass is 232 g/mol. The van der Waals surface area contributed by atoms with E-state index in [1.165, 1.54) is 12.4 Å². The maximum Gasteiger partial charge on any atom is 0.244 e. The van der Waals surface area contributed by atoms with Crippen molar-refractivity contribution in [1.29, 1.82) is 0 Å². The van der Waals surface area contributed by atoms with Gasteiger partial charge in [0.1, 0.15) is 4.90 Å². The second-order valence-electron chi connectivity index (χ2n) is 3.66. The largest absolute Gasteiger partial charge is 0.329 e. The van der Waals surface area contributed by atoms with Crippen molar-refractivity contribution >= 4 is 10.0 Å². The first kappa shape index (κ1) is 12.2. The van der Waals surface area contributed by atoms with Crippen LogP contribution < -0.4 is 10.5 Å². The standard InChI is InChI=1S/C8H16N4O2S/c1-3-8(2,6-9)12-15(13,14)7-4-10-11-5-7/h4-5,12H,3,6,9H2,1-2H3,(H,10,11). The summed E-state index contributed by atoms with van der Waals surface area (Å²) >= 11 is 0. The maximum absolute atomic E-state index is 11.8. The molecule has 1 rings (SSSR count). The summed E-state index contributed by atoms with van der Waals surface area (Å²) in [5, 5.41) is 6.05. The van der Waals surface area contributed by atoms with Crippen LogP contribution in [0.5, 0.6) is 0 Å². The van der Waals surface area contributed by atoms with E-state index in [0.717, 1.165) is 0 Å². The number of rotatable bonds is 5. The van der Waals surface area contributed by atoms with Crippen LogP contribution in [0, 0.1) is 0 Å². The summed E-state index contributed by atoms with van der Waals surface area (Å²) < 4.78 is 26.2. The second-order valence-corrected chi connectivity index (χ2v) is 5.34. The lowest BCUT2D eigenvalue weighted by atomic mass is 10.0. The molecule has 0 aromatic carbocycles. The van der Waals surface area contributed by atoms with Crippen LogP contribution in [-0.4, -0.2) is 30.7 Å². The minimum absolute atomic E-state index is 0.121. The number of H-pyrrole nitrogens is 1. The van der Waals surface area contributed by atoms with Gasteiger partial charge >= 0.3 is 0 Å². The molecular formula is C8H16N4O2S. The van der Waals surface area contributed by atoms with Crippen molar-refractivity contribution < 1.29 is 8.42 Å². The molecule has 6 nitrogen and oxygen atoms in total. The summed E-state index contributed by atoms with van der Waals surface area (Å²) in [6.45, 7) is 3.90. The summed E-state index contributed by atoms with van der Waals surface area (Å²) in [6, 6.07) is 0. The van der Waals surface area contributed by atoms with Crippen LogP contribution in [0.15, 0.2) is 17.3 Å². The Morgan fingerprint density at radius 2 is 2.33 bits per heavy atom. The topological polar surface area (TPSA) is 101 Å². The number of nitrogens with one attached hydrogen (secondary N) is 2. The number of aromatic amines is 1. The van der Waals surface area contributed by atoms with Gasteiger partial charge in [-0.2, -0.15) is 5.10 Å². The van der Waals surface area contributed by atoms with Crippen molar-refractivity contribution in [2.75, 3.05) is 6.54 Å². The first-order chi connectivity index (χ1) is 6.93. The lowest BCUT2D eigenvalue weighted by molar-refractivity contribution is 0.411. The molecule has 1 aromatic heterocycles. The molecule has 1 heterocycles. The molecule has 1 atom stereocenters. The third-order valence-electron chi connectivity index (χ3n) is 2.40. The Kier molecular flexibility index (Phi) is 3.48. The van der Waals surface area contributed by atoms with Crippen molar-refractivity contribution in [2.24, 2.45) is 5.73 Å². The van der Waals surface area contributed by atoms with E-state index in [-0.39, 0.29) is 11.4 Å². The number of hydrogen-bond donors (Lipinski definition) is 3. The summed E-state index contributed by atoms with van der Waals surface area (Å²) in [6.07, 6.45) is 3.21. The zero-order chi connectivity index (χ0) is 11.5.